The summed E-state index contributed by atoms with van der Waals surface area (Å²) in [4.78, 5) is 13.4. The number of nitrogens with zero attached hydrogens (tertiary/aromatic N) is 2. The first-order valence-corrected chi connectivity index (χ1v) is 5.38. The molecule has 1 amide bonds. The minimum absolute atomic E-state index is 0.186. The first-order chi connectivity index (χ1) is 7.44. The summed E-state index contributed by atoms with van der Waals surface area (Å²) in [6.07, 6.45) is -0.0877. The smallest absolute Gasteiger partial charge is 0.410 e. The Hall–Kier alpha value is -1.28. The first-order valence-electron chi connectivity index (χ1n) is 5.38. The van der Waals surface area contributed by atoms with E-state index in [0.29, 0.717) is 19.8 Å². The van der Waals surface area contributed by atoms with Gasteiger partial charge in [0.15, 0.2) is 0 Å². The van der Waals surface area contributed by atoms with Gasteiger partial charge in [-0.1, -0.05) is 0 Å². The molecule has 1 aliphatic heterocycles. The Balaban J connectivity index is 2.61. The van der Waals surface area contributed by atoms with Crippen LogP contribution in [0.1, 0.15) is 27.2 Å². The van der Waals surface area contributed by atoms with E-state index in [1.165, 1.54) is 0 Å². The largest absolute Gasteiger partial charge is 0.444 e. The van der Waals surface area contributed by atoms with Gasteiger partial charge in [-0.05, 0) is 20.8 Å². The Morgan fingerprint density at radius 3 is 2.88 bits per heavy atom. The second kappa shape index (κ2) is 5.17. The molecule has 0 radical (unpaired) electrons. The lowest BCUT2D eigenvalue weighted by Gasteiger charge is -2.35. The molecule has 1 aliphatic rings. The van der Waals surface area contributed by atoms with E-state index in [-0.39, 0.29) is 18.6 Å². The predicted octanol–water partition coefficient (Wildman–Crippen LogP) is 1.54. The van der Waals surface area contributed by atoms with Crippen LogP contribution in [0.25, 0.3) is 0 Å². The van der Waals surface area contributed by atoms with Crippen molar-refractivity contribution < 1.29 is 14.3 Å². The van der Waals surface area contributed by atoms with Crippen molar-refractivity contribution >= 4 is 6.09 Å². The molecule has 0 N–H and O–H groups in total. The predicted molar refractivity (Wildman–Crippen MR) is 57.8 cm³/mol. The Kier molecular flexibility index (Phi) is 4.13. The summed E-state index contributed by atoms with van der Waals surface area (Å²) < 4.78 is 10.5. The minimum Gasteiger partial charge on any atom is -0.444 e. The molecule has 1 fully saturated rings. The van der Waals surface area contributed by atoms with Crippen molar-refractivity contribution in [2.45, 2.75) is 38.8 Å². The summed E-state index contributed by atoms with van der Waals surface area (Å²) >= 11 is 0. The van der Waals surface area contributed by atoms with Gasteiger partial charge in [0.25, 0.3) is 0 Å². The summed E-state index contributed by atoms with van der Waals surface area (Å²) in [5.74, 6) is 0. The number of rotatable bonds is 1. The van der Waals surface area contributed by atoms with Crippen molar-refractivity contribution in [2.24, 2.45) is 0 Å². The fourth-order valence-corrected chi connectivity index (χ4v) is 1.49. The summed E-state index contributed by atoms with van der Waals surface area (Å²) in [7, 11) is 0. The molecule has 90 valence electrons. The van der Waals surface area contributed by atoms with E-state index >= 15 is 0 Å². The van der Waals surface area contributed by atoms with Gasteiger partial charge >= 0.3 is 6.09 Å². The summed E-state index contributed by atoms with van der Waals surface area (Å²) in [5.41, 5.74) is -0.507. The molecule has 16 heavy (non-hydrogen) atoms. The molecule has 5 nitrogen and oxygen atoms in total. The van der Waals surface area contributed by atoms with Gasteiger partial charge in [0.1, 0.15) is 5.60 Å². The Bertz CT molecular complexity index is 291. The average Bonchev–Trinajstić information content (AvgIpc) is 2.16. The van der Waals surface area contributed by atoms with E-state index in [1.807, 2.05) is 20.8 Å². The average molecular weight is 226 g/mol. The number of carbonyl (C=O) groups is 1. The summed E-state index contributed by atoms with van der Waals surface area (Å²) in [5, 5.41) is 8.67. The first kappa shape index (κ1) is 12.8. The van der Waals surface area contributed by atoms with Gasteiger partial charge < -0.3 is 9.47 Å². The molecule has 0 spiro atoms. The molecular weight excluding hydrogens is 208 g/mol. The zero-order valence-corrected chi connectivity index (χ0v) is 10.0. The van der Waals surface area contributed by atoms with E-state index < -0.39 is 5.60 Å². The van der Waals surface area contributed by atoms with Crippen molar-refractivity contribution in [2.75, 3.05) is 19.8 Å². The lowest BCUT2D eigenvalue weighted by atomic mass is 10.2. The molecule has 0 bridgehead atoms. The fourth-order valence-electron chi connectivity index (χ4n) is 1.49. The van der Waals surface area contributed by atoms with Gasteiger partial charge in [-0.25, -0.2) is 4.79 Å². The number of hydrogen-bond acceptors (Lipinski definition) is 4. The van der Waals surface area contributed by atoms with Gasteiger partial charge in [-0.15, -0.1) is 0 Å². The monoisotopic (exact) mass is 226 g/mol. The topological polar surface area (TPSA) is 62.6 Å². The quantitative estimate of drug-likeness (QED) is 0.680. The van der Waals surface area contributed by atoms with Gasteiger partial charge in [0.05, 0.1) is 31.7 Å². The fraction of sp³-hybridized carbons (Fsp3) is 0.818. The number of amides is 1. The van der Waals surface area contributed by atoms with Crippen LogP contribution in [-0.4, -0.2) is 42.4 Å². The third kappa shape index (κ3) is 3.70. The summed E-state index contributed by atoms with van der Waals surface area (Å²) in [6, 6.07) is 1.87. The SMILES string of the molecule is CC(C)(C)OC(=O)N1CCOC[C@@H]1CC#N. The Morgan fingerprint density at radius 2 is 2.31 bits per heavy atom. The molecule has 0 aliphatic carbocycles. The maximum absolute atomic E-state index is 11.8. The number of morpholine rings is 1. The van der Waals surface area contributed by atoms with Gasteiger partial charge in [-0.2, -0.15) is 5.26 Å². The lowest BCUT2D eigenvalue weighted by molar-refractivity contribution is -0.0310. The maximum Gasteiger partial charge on any atom is 0.410 e. The highest BCUT2D eigenvalue weighted by Gasteiger charge is 2.30. The van der Waals surface area contributed by atoms with Crippen molar-refractivity contribution in [3.05, 3.63) is 0 Å². The molecule has 1 saturated heterocycles. The molecule has 0 unspecified atom stereocenters. The van der Waals surface area contributed by atoms with Crippen LogP contribution in [0.3, 0.4) is 0 Å². The third-order valence-corrected chi connectivity index (χ3v) is 2.18. The molecule has 1 heterocycles. The molecule has 0 saturated carbocycles. The zero-order chi connectivity index (χ0) is 12.2. The van der Waals surface area contributed by atoms with Gasteiger partial charge in [-0.3, -0.25) is 4.90 Å². The van der Waals surface area contributed by atoms with Crippen molar-refractivity contribution in [3.8, 4) is 6.07 Å². The molecule has 0 aromatic heterocycles. The van der Waals surface area contributed by atoms with E-state index in [4.69, 9.17) is 14.7 Å². The second-order valence-corrected chi connectivity index (χ2v) is 4.76. The highest BCUT2D eigenvalue weighted by Crippen LogP contribution is 2.15. The highest BCUT2D eigenvalue weighted by atomic mass is 16.6. The van der Waals surface area contributed by atoms with Gasteiger partial charge in [0.2, 0.25) is 0 Å². The third-order valence-electron chi connectivity index (χ3n) is 2.18. The van der Waals surface area contributed by atoms with Crippen molar-refractivity contribution in [3.63, 3.8) is 0 Å². The Labute approximate surface area is 95.9 Å². The molecule has 0 aromatic carbocycles. The lowest BCUT2D eigenvalue weighted by Crippen LogP contribution is -2.50. The van der Waals surface area contributed by atoms with E-state index in [1.54, 1.807) is 4.90 Å². The Morgan fingerprint density at radius 1 is 1.62 bits per heavy atom. The van der Waals surface area contributed by atoms with Crippen LogP contribution in [0.2, 0.25) is 0 Å². The van der Waals surface area contributed by atoms with Crippen LogP contribution >= 0.6 is 0 Å². The number of hydrogen-bond donors (Lipinski definition) is 0. The van der Waals surface area contributed by atoms with Crippen LogP contribution in [-0.2, 0) is 9.47 Å². The van der Waals surface area contributed by atoms with Crippen LogP contribution in [0.15, 0.2) is 0 Å². The number of nitriles is 1. The highest BCUT2D eigenvalue weighted by molar-refractivity contribution is 5.68. The van der Waals surface area contributed by atoms with E-state index in [2.05, 4.69) is 6.07 Å². The van der Waals surface area contributed by atoms with Crippen LogP contribution in [0, 0.1) is 11.3 Å². The van der Waals surface area contributed by atoms with Crippen LogP contribution < -0.4 is 0 Å². The minimum atomic E-state index is -0.507. The molecule has 1 rings (SSSR count). The van der Waals surface area contributed by atoms with Crippen LogP contribution in [0.5, 0.6) is 0 Å². The van der Waals surface area contributed by atoms with Gasteiger partial charge in [0, 0.05) is 6.54 Å². The molecule has 1 atom stereocenters. The second-order valence-electron chi connectivity index (χ2n) is 4.76. The number of carbonyl (C=O) groups excluding carboxylic acids is 1. The zero-order valence-electron chi connectivity index (χ0n) is 10.0. The molecular formula is C11H18N2O3. The van der Waals surface area contributed by atoms with Crippen LogP contribution in [0.4, 0.5) is 4.79 Å². The summed E-state index contributed by atoms with van der Waals surface area (Å²) in [6.45, 7) is 6.87. The maximum atomic E-state index is 11.8. The van der Waals surface area contributed by atoms with E-state index in [9.17, 15) is 4.79 Å². The molecule has 0 aromatic rings. The van der Waals surface area contributed by atoms with Crippen molar-refractivity contribution in [1.82, 2.24) is 4.90 Å². The van der Waals surface area contributed by atoms with E-state index in [0.717, 1.165) is 0 Å². The molecule has 5 heteroatoms. The number of ether oxygens (including phenoxy) is 2. The normalized spacial score (nSPS) is 21.4. The standard InChI is InChI=1S/C11H18N2O3/c1-11(2,3)16-10(14)13-6-7-15-8-9(13)4-5-12/h9H,4,6-8H2,1-3H3/t9-/m0/s1. The van der Waals surface area contributed by atoms with Crippen molar-refractivity contribution in [1.29, 1.82) is 5.26 Å².